The number of nitrogens with one attached hydrogen (secondary N) is 2. The summed E-state index contributed by atoms with van der Waals surface area (Å²) in [7, 11) is 3.18. The Labute approximate surface area is 217 Å². The molecule has 0 aliphatic carbocycles. The fourth-order valence-electron chi connectivity index (χ4n) is 4.14. The third-order valence-electron chi connectivity index (χ3n) is 5.85. The molecule has 0 aromatic heterocycles. The molecule has 2 N–H and O–H groups in total. The number of benzene rings is 3. The van der Waals surface area contributed by atoms with Gasteiger partial charge in [0.15, 0.2) is 11.5 Å². The Hall–Kier alpha value is -3.91. The largest absolute Gasteiger partial charge is 0.494 e. The number of ether oxygens (including phenoxy) is 5. The highest BCUT2D eigenvalue weighted by molar-refractivity contribution is 5.79. The average molecular weight is 507 g/mol. The Balaban J connectivity index is 1.78. The van der Waals surface area contributed by atoms with E-state index in [4.69, 9.17) is 23.7 Å². The second-order valence-corrected chi connectivity index (χ2v) is 9.65. The second-order valence-electron chi connectivity index (χ2n) is 9.65. The quantitative estimate of drug-likeness (QED) is 0.368. The van der Waals surface area contributed by atoms with Gasteiger partial charge in [0, 0.05) is 6.54 Å². The van der Waals surface area contributed by atoms with Crippen LogP contribution in [0.4, 0.5) is 5.69 Å². The molecule has 1 heterocycles. The van der Waals surface area contributed by atoms with Gasteiger partial charge in [-0.1, -0.05) is 42.5 Å². The summed E-state index contributed by atoms with van der Waals surface area (Å²) in [5.74, 6) is 2.03. The van der Waals surface area contributed by atoms with Crippen LogP contribution in [0.3, 0.4) is 0 Å². The van der Waals surface area contributed by atoms with Gasteiger partial charge in [-0.05, 0) is 56.2 Å². The molecule has 0 bridgehead atoms. The van der Waals surface area contributed by atoms with Crippen LogP contribution < -0.4 is 29.6 Å². The number of carbonyl (C=O) groups is 1. The molecule has 37 heavy (non-hydrogen) atoms. The van der Waals surface area contributed by atoms with Crippen molar-refractivity contribution in [3.8, 4) is 23.0 Å². The van der Waals surface area contributed by atoms with Gasteiger partial charge in [0.25, 0.3) is 0 Å². The maximum atomic E-state index is 13.7. The Bertz CT molecular complexity index is 1190. The molecule has 0 saturated heterocycles. The van der Waals surface area contributed by atoms with Crippen molar-refractivity contribution in [3.05, 3.63) is 77.9 Å². The predicted molar refractivity (Wildman–Crippen MR) is 141 cm³/mol. The van der Waals surface area contributed by atoms with Crippen molar-refractivity contribution in [2.24, 2.45) is 0 Å². The molecule has 4 rings (SSSR count). The van der Waals surface area contributed by atoms with E-state index in [1.165, 1.54) is 0 Å². The van der Waals surface area contributed by atoms with E-state index in [-0.39, 0.29) is 6.79 Å². The number of esters is 1. The summed E-state index contributed by atoms with van der Waals surface area (Å²) in [6.07, 6.45) is 0. The van der Waals surface area contributed by atoms with Crippen LogP contribution in [0.5, 0.6) is 23.0 Å². The van der Waals surface area contributed by atoms with Crippen LogP contribution in [0, 0.1) is 0 Å². The summed E-state index contributed by atoms with van der Waals surface area (Å²) in [6, 6.07) is 19.7. The SMILES string of the molecule is COc1cccc(OC)c1N[C@@H](c1ccc2c(c1)OCO2)[C@H](NCc1ccccc1)C(=O)OC(C)(C)C. The van der Waals surface area contributed by atoms with Gasteiger partial charge in [-0.25, -0.2) is 0 Å². The minimum atomic E-state index is -0.783. The van der Waals surface area contributed by atoms with E-state index in [1.54, 1.807) is 14.2 Å². The normalized spacial score (nSPS) is 14.0. The zero-order valence-electron chi connectivity index (χ0n) is 21.9. The number of rotatable bonds is 10. The van der Waals surface area contributed by atoms with Crippen molar-refractivity contribution in [3.63, 3.8) is 0 Å². The Morgan fingerprint density at radius 1 is 0.919 bits per heavy atom. The van der Waals surface area contributed by atoms with E-state index in [0.29, 0.717) is 35.2 Å². The number of hydrogen-bond acceptors (Lipinski definition) is 8. The van der Waals surface area contributed by atoms with Gasteiger partial charge in [0.05, 0.1) is 20.3 Å². The van der Waals surface area contributed by atoms with Gasteiger partial charge in [-0.3, -0.25) is 10.1 Å². The molecule has 1 aliphatic heterocycles. The number of para-hydroxylation sites is 1. The lowest BCUT2D eigenvalue weighted by atomic mass is 9.97. The van der Waals surface area contributed by atoms with Crippen LogP contribution in [-0.2, 0) is 16.1 Å². The summed E-state index contributed by atoms with van der Waals surface area (Å²) in [5.41, 5.74) is 1.78. The highest BCUT2D eigenvalue weighted by atomic mass is 16.7. The molecular weight excluding hydrogens is 472 g/mol. The summed E-state index contributed by atoms with van der Waals surface area (Å²) in [5, 5.41) is 6.95. The van der Waals surface area contributed by atoms with Gasteiger partial charge in [0.2, 0.25) is 6.79 Å². The van der Waals surface area contributed by atoms with Crippen molar-refractivity contribution >= 4 is 11.7 Å². The van der Waals surface area contributed by atoms with E-state index < -0.39 is 23.7 Å². The lowest BCUT2D eigenvalue weighted by Crippen LogP contribution is -2.47. The molecule has 2 atom stereocenters. The van der Waals surface area contributed by atoms with Gasteiger partial charge < -0.3 is 29.0 Å². The van der Waals surface area contributed by atoms with Crippen molar-refractivity contribution in [1.82, 2.24) is 5.32 Å². The Morgan fingerprint density at radius 2 is 1.59 bits per heavy atom. The van der Waals surface area contributed by atoms with Crippen LogP contribution in [0.2, 0.25) is 0 Å². The number of anilines is 1. The molecule has 0 fully saturated rings. The predicted octanol–water partition coefficient (Wildman–Crippen LogP) is 5.09. The van der Waals surface area contributed by atoms with Crippen LogP contribution >= 0.6 is 0 Å². The molecule has 196 valence electrons. The standard InChI is InChI=1S/C29H34N2O6/c1-29(2,3)37-28(32)27(30-17-19-10-7-6-8-11-19)25(20-14-15-21-24(16-20)36-18-35-21)31-26-22(33-4)12-9-13-23(26)34-5/h6-16,25,27,30-31H,17-18H2,1-5H3/t25-,27-/m0/s1. The Morgan fingerprint density at radius 3 is 2.24 bits per heavy atom. The van der Waals surface area contributed by atoms with E-state index in [1.807, 2.05) is 87.5 Å². The summed E-state index contributed by atoms with van der Waals surface area (Å²) < 4.78 is 28.3. The monoisotopic (exact) mass is 506 g/mol. The first-order valence-corrected chi connectivity index (χ1v) is 12.2. The smallest absolute Gasteiger partial charge is 0.326 e. The molecule has 0 radical (unpaired) electrons. The van der Waals surface area contributed by atoms with E-state index in [0.717, 1.165) is 11.1 Å². The highest BCUT2D eigenvalue weighted by Crippen LogP contribution is 2.40. The molecule has 0 saturated carbocycles. The van der Waals surface area contributed by atoms with E-state index >= 15 is 0 Å². The van der Waals surface area contributed by atoms with Crippen molar-refractivity contribution in [2.75, 3.05) is 26.3 Å². The number of carbonyl (C=O) groups excluding carboxylic acids is 1. The van der Waals surface area contributed by atoms with Crippen LogP contribution in [0.1, 0.15) is 37.9 Å². The van der Waals surface area contributed by atoms with Gasteiger partial charge in [-0.2, -0.15) is 0 Å². The topological polar surface area (TPSA) is 87.3 Å². The lowest BCUT2D eigenvalue weighted by Gasteiger charge is -2.32. The highest BCUT2D eigenvalue weighted by Gasteiger charge is 2.35. The van der Waals surface area contributed by atoms with Gasteiger partial charge >= 0.3 is 5.97 Å². The minimum absolute atomic E-state index is 0.152. The number of fused-ring (bicyclic) bond motifs is 1. The first-order valence-electron chi connectivity index (χ1n) is 12.2. The zero-order chi connectivity index (χ0) is 26.4. The fourth-order valence-corrected chi connectivity index (χ4v) is 4.14. The second kappa shape index (κ2) is 11.4. The van der Waals surface area contributed by atoms with Crippen LogP contribution in [-0.4, -0.2) is 38.6 Å². The summed E-state index contributed by atoms with van der Waals surface area (Å²) in [4.78, 5) is 13.7. The molecule has 3 aromatic rings. The molecule has 0 amide bonds. The Kier molecular flexibility index (Phi) is 8.08. The molecule has 1 aliphatic rings. The minimum Gasteiger partial charge on any atom is -0.494 e. The van der Waals surface area contributed by atoms with Crippen molar-refractivity contribution in [2.45, 2.75) is 45.0 Å². The molecular formula is C29H34N2O6. The zero-order valence-corrected chi connectivity index (χ0v) is 21.9. The first kappa shape index (κ1) is 26.2. The fraction of sp³-hybridized carbons (Fsp3) is 0.345. The van der Waals surface area contributed by atoms with E-state index in [2.05, 4.69) is 10.6 Å². The van der Waals surface area contributed by atoms with Gasteiger partial charge in [-0.15, -0.1) is 0 Å². The first-order chi connectivity index (χ1) is 17.8. The average Bonchev–Trinajstić information content (AvgIpc) is 3.35. The molecule has 0 unspecified atom stereocenters. The molecule has 0 spiro atoms. The van der Waals surface area contributed by atoms with E-state index in [9.17, 15) is 4.79 Å². The molecule has 8 nitrogen and oxygen atoms in total. The van der Waals surface area contributed by atoms with Gasteiger partial charge in [0.1, 0.15) is 28.8 Å². The summed E-state index contributed by atoms with van der Waals surface area (Å²) in [6.45, 7) is 6.16. The van der Waals surface area contributed by atoms with Crippen LogP contribution in [0.15, 0.2) is 66.7 Å². The molecule has 3 aromatic carbocycles. The van der Waals surface area contributed by atoms with Crippen molar-refractivity contribution in [1.29, 1.82) is 0 Å². The maximum absolute atomic E-state index is 13.7. The third-order valence-corrected chi connectivity index (χ3v) is 5.85. The molecule has 8 heteroatoms. The maximum Gasteiger partial charge on any atom is 0.326 e. The lowest BCUT2D eigenvalue weighted by molar-refractivity contribution is -0.158. The summed E-state index contributed by atoms with van der Waals surface area (Å²) >= 11 is 0. The number of methoxy groups -OCH3 is 2. The van der Waals surface area contributed by atoms with Crippen LogP contribution in [0.25, 0.3) is 0 Å². The van der Waals surface area contributed by atoms with Crippen molar-refractivity contribution < 1.29 is 28.5 Å². The number of hydrogen-bond donors (Lipinski definition) is 2. The third kappa shape index (κ3) is 6.46.